The van der Waals surface area contributed by atoms with E-state index in [9.17, 15) is 4.79 Å². The van der Waals surface area contributed by atoms with Gasteiger partial charge in [0.05, 0.1) is 12.2 Å². The number of amides is 1. The first kappa shape index (κ1) is 14.9. The largest absolute Gasteiger partial charge is 0.357 e. The molecule has 0 saturated carbocycles. The lowest BCUT2D eigenvalue weighted by Gasteiger charge is -2.24. The van der Waals surface area contributed by atoms with Gasteiger partial charge in [0.25, 0.3) is 5.91 Å². The van der Waals surface area contributed by atoms with Gasteiger partial charge < -0.3 is 10.2 Å². The van der Waals surface area contributed by atoms with Crippen LogP contribution in [0.2, 0.25) is 0 Å². The second-order valence-electron chi connectivity index (χ2n) is 7.26. The van der Waals surface area contributed by atoms with E-state index in [0.717, 1.165) is 55.2 Å². The molecular weight excluding hydrogens is 314 g/mol. The maximum atomic E-state index is 12.3. The first-order valence-electron chi connectivity index (χ1n) is 9.43. The fraction of sp³-hybridized carbons (Fsp3) is 0.526. The topological polar surface area (TPSA) is 63.1 Å². The minimum absolute atomic E-state index is 0.0187. The molecule has 2 aromatic heterocycles. The zero-order valence-corrected chi connectivity index (χ0v) is 14.4. The molecule has 0 bridgehead atoms. The third kappa shape index (κ3) is 2.42. The second-order valence-corrected chi connectivity index (χ2v) is 7.26. The highest BCUT2D eigenvalue weighted by Gasteiger charge is 2.30. The molecule has 6 nitrogen and oxygen atoms in total. The summed E-state index contributed by atoms with van der Waals surface area (Å²) in [5, 5.41) is 7.75. The number of anilines is 1. The van der Waals surface area contributed by atoms with E-state index in [1.165, 1.54) is 36.8 Å². The van der Waals surface area contributed by atoms with E-state index in [4.69, 9.17) is 10.1 Å². The Balaban J connectivity index is 1.58. The zero-order valence-electron chi connectivity index (χ0n) is 14.4. The van der Waals surface area contributed by atoms with Crippen molar-refractivity contribution < 1.29 is 4.79 Å². The van der Waals surface area contributed by atoms with Crippen LogP contribution in [-0.4, -0.2) is 40.3 Å². The average molecular weight is 337 g/mol. The van der Waals surface area contributed by atoms with E-state index >= 15 is 0 Å². The zero-order chi connectivity index (χ0) is 16.8. The number of nitrogens with zero attached hydrogens (tertiary/aromatic N) is 4. The van der Waals surface area contributed by atoms with E-state index in [0.29, 0.717) is 6.54 Å². The molecule has 3 aliphatic rings. The molecule has 6 heteroatoms. The molecule has 5 rings (SSSR count). The number of rotatable bonds is 1. The number of aryl methyl sites for hydroxylation is 1. The quantitative estimate of drug-likeness (QED) is 0.866. The van der Waals surface area contributed by atoms with Crippen LogP contribution in [0.1, 0.15) is 47.3 Å². The van der Waals surface area contributed by atoms with Crippen LogP contribution in [-0.2, 0) is 19.4 Å². The van der Waals surface area contributed by atoms with Gasteiger partial charge >= 0.3 is 0 Å². The van der Waals surface area contributed by atoms with Gasteiger partial charge in [-0.05, 0) is 37.3 Å². The maximum Gasteiger partial charge on any atom is 0.269 e. The van der Waals surface area contributed by atoms with Crippen molar-refractivity contribution in [2.24, 2.45) is 0 Å². The summed E-state index contributed by atoms with van der Waals surface area (Å²) in [4.78, 5) is 19.4. The van der Waals surface area contributed by atoms with Crippen molar-refractivity contribution >= 4 is 11.7 Å². The standard InChI is InChI=1S/C19H23N5O/c25-19-18-14-6-5-13-12-21-16(23-8-3-1-2-4-9-23)11-15(13)17(14)22-24(18)10-7-20-19/h11-12H,1-10H2,(H,20,25). The van der Waals surface area contributed by atoms with E-state index in [-0.39, 0.29) is 5.91 Å². The first-order chi connectivity index (χ1) is 12.3. The minimum atomic E-state index is 0.0187. The van der Waals surface area contributed by atoms with E-state index < -0.39 is 0 Å². The Bertz CT molecular complexity index is 833. The summed E-state index contributed by atoms with van der Waals surface area (Å²) in [6, 6.07) is 2.20. The summed E-state index contributed by atoms with van der Waals surface area (Å²) in [6.07, 6.45) is 8.93. The molecule has 0 radical (unpaired) electrons. The molecular formula is C19H23N5O. The van der Waals surface area contributed by atoms with Crippen molar-refractivity contribution in [3.63, 3.8) is 0 Å². The molecule has 2 aliphatic heterocycles. The fourth-order valence-electron chi connectivity index (χ4n) is 4.35. The molecule has 0 spiro atoms. The number of aromatic nitrogens is 3. The van der Waals surface area contributed by atoms with Gasteiger partial charge in [-0.15, -0.1) is 0 Å². The highest BCUT2D eigenvalue weighted by Crippen LogP contribution is 2.36. The normalized spacial score (nSPS) is 19.5. The predicted octanol–water partition coefficient (Wildman–Crippen LogP) is 2.17. The third-order valence-electron chi connectivity index (χ3n) is 5.68. The molecule has 1 saturated heterocycles. The molecule has 1 amide bonds. The van der Waals surface area contributed by atoms with Gasteiger partial charge in [-0.3, -0.25) is 9.48 Å². The van der Waals surface area contributed by atoms with Crippen LogP contribution in [0, 0.1) is 0 Å². The van der Waals surface area contributed by atoms with Gasteiger partial charge in [0.15, 0.2) is 0 Å². The Morgan fingerprint density at radius 3 is 2.72 bits per heavy atom. The molecule has 2 aromatic rings. The number of pyridine rings is 1. The summed E-state index contributed by atoms with van der Waals surface area (Å²) < 4.78 is 1.89. The number of carbonyl (C=O) groups is 1. The number of carbonyl (C=O) groups excluding carboxylic acids is 1. The van der Waals surface area contributed by atoms with Crippen LogP contribution >= 0.6 is 0 Å². The smallest absolute Gasteiger partial charge is 0.269 e. The van der Waals surface area contributed by atoms with Crippen molar-refractivity contribution in [1.82, 2.24) is 20.1 Å². The molecule has 130 valence electrons. The second kappa shape index (κ2) is 5.86. The van der Waals surface area contributed by atoms with Crippen molar-refractivity contribution in [2.45, 2.75) is 45.1 Å². The highest BCUT2D eigenvalue weighted by atomic mass is 16.2. The van der Waals surface area contributed by atoms with Crippen LogP contribution in [0.25, 0.3) is 11.3 Å². The molecule has 1 fully saturated rings. The van der Waals surface area contributed by atoms with Crippen LogP contribution in [0.15, 0.2) is 12.3 Å². The first-order valence-corrected chi connectivity index (χ1v) is 9.43. The molecule has 25 heavy (non-hydrogen) atoms. The van der Waals surface area contributed by atoms with E-state index in [1.807, 2.05) is 10.9 Å². The Kier molecular flexibility index (Phi) is 3.50. The molecule has 0 atom stereocenters. The van der Waals surface area contributed by atoms with Crippen LogP contribution in [0.3, 0.4) is 0 Å². The average Bonchev–Trinajstić information content (AvgIpc) is 2.82. The molecule has 4 heterocycles. The van der Waals surface area contributed by atoms with Crippen LogP contribution in [0.5, 0.6) is 0 Å². The van der Waals surface area contributed by atoms with Crippen molar-refractivity contribution in [2.75, 3.05) is 24.5 Å². The Hall–Kier alpha value is -2.37. The van der Waals surface area contributed by atoms with Gasteiger partial charge in [-0.25, -0.2) is 4.98 Å². The Morgan fingerprint density at radius 2 is 1.88 bits per heavy atom. The Morgan fingerprint density at radius 1 is 1.04 bits per heavy atom. The van der Waals surface area contributed by atoms with Gasteiger partial charge in [0.2, 0.25) is 0 Å². The predicted molar refractivity (Wildman–Crippen MR) is 95.9 cm³/mol. The summed E-state index contributed by atoms with van der Waals surface area (Å²) in [6.45, 7) is 3.59. The number of hydrogen-bond acceptors (Lipinski definition) is 4. The van der Waals surface area contributed by atoms with E-state index in [2.05, 4.69) is 16.3 Å². The molecule has 1 N–H and O–H groups in total. The van der Waals surface area contributed by atoms with Crippen LogP contribution < -0.4 is 10.2 Å². The maximum absolute atomic E-state index is 12.3. The van der Waals surface area contributed by atoms with Crippen molar-refractivity contribution in [3.8, 4) is 11.3 Å². The minimum Gasteiger partial charge on any atom is -0.357 e. The monoisotopic (exact) mass is 337 g/mol. The van der Waals surface area contributed by atoms with Crippen LogP contribution in [0.4, 0.5) is 5.82 Å². The number of fused-ring (bicyclic) bond motifs is 5. The summed E-state index contributed by atoms with van der Waals surface area (Å²) >= 11 is 0. The molecule has 0 unspecified atom stereocenters. The lowest BCUT2D eigenvalue weighted by Crippen LogP contribution is -2.36. The summed E-state index contributed by atoms with van der Waals surface area (Å²) in [5.74, 6) is 1.08. The molecule has 0 aromatic carbocycles. The number of nitrogens with one attached hydrogen (secondary N) is 1. The SMILES string of the molecule is O=C1NCCn2nc3c(c21)CCc1cnc(N2CCCCCC2)cc1-3. The Labute approximate surface area is 147 Å². The third-order valence-corrected chi connectivity index (χ3v) is 5.68. The van der Waals surface area contributed by atoms with Crippen molar-refractivity contribution in [1.29, 1.82) is 0 Å². The summed E-state index contributed by atoms with van der Waals surface area (Å²) in [7, 11) is 0. The number of hydrogen-bond donors (Lipinski definition) is 1. The molecule has 1 aliphatic carbocycles. The lowest BCUT2D eigenvalue weighted by atomic mass is 9.90. The van der Waals surface area contributed by atoms with Gasteiger partial charge in [-0.1, -0.05) is 12.8 Å². The summed E-state index contributed by atoms with van der Waals surface area (Å²) in [5.41, 5.74) is 5.29. The van der Waals surface area contributed by atoms with Gasteiger partial charge in [0.1, 0.15) is 11.5 Å². The van der Waals surface area contributed by atoms with Gasteiger partial charge in [-0.2, -0.15) is 5.10 Å². The van der Waals surface area contributed by atoms with Gasteiger partial charge in [0, 0.05) is 37.0 Å². The van der Waals surface area contributed by atoms with Crippen molar-refractivity contribution in [3.05, 3.63) is 29.1 Å². The lowest BCUT2D eigenvalue weighted by molar-refractivity contribution is 0.0923. The van der Waals surface area contributed by atoms with E-state index in [1.54, 1.807) is 0 Å². The highest BCUT2D eigenvalue weighted by molar-refractivity contribution is 5.97. The fourth-order valence-corrected chi connectivity index (χ4v) is 4.35.